The van der Waals surface area contributed by atoms with E-state index in [1.54, 1.807) is 37.4 Å². The van der Waals surface area contributed by atoms with Crippen LogP contribution in [-0.2, 0) is 16.6 Å². The van der Waals surface area contributed by atoms with Crippen LogP contribution in [-0.4, -0.2) is 22.6 Å². The predicted molar refractivity (Wildman–Crippen MR) is 84.4 cm³/mol. The Bertz CT molecular complexity index is 760. The minimum atomic E-state index is -3.62. The number of ether oxygens (including phenoxy) is 2. The lowest BCUT2D eigenvalue weighted by atomic mass is 10.2. The van der Waals surface area contributed by atoms with Gasteiger partial charge in [-0.25, -0.2) is 13.1 Å². The van der Waals surface area contributed by atoms with Crippen molar-refractivity contribution in [2.45, 2.75) is 11.4 Å². The fourth-order valence-electron chi connectivity index (χ4n) is 1.93. The highest BCUT2D eigenvalue weighted by Gasteiger charge is 2.14. The van der Waals surface area contributed by atoms with Gasteiger partial charge in [0.15, 0.2) is 11.5 Å². The summed E-state index contributed by atoms with van der Waals surface area (Å²) in [5.74, 6) is 1.13. The monoisotopic (exact) mass is 322 g/mol. The first-order valence-electron chi connectivity index (χ1n) is 6.52. The zero-order chi connectivity index (χ0) is 16.2. The zero-order valence-corrected chi connectivity index (χ0v) is 13.2. The van der Waals surface area contributed by atoms with Crippen LogP contribution >= 0.6 is 0 Å². The molecule has 0 atom stereocenters. The third-order valence-electron chi connectivity index (χ3n) is 3.08. The topological polar surface area (TPSA) is 90.7 Å². The molecule has 0 aromatic heterocycles. The second-order valence-corrected chi connectivity index (χ2v) is 6.35. The second kappa shape index (κ2) is 6.67. The van der Waals surface area contributed by atoms with Crippen molar-refractivity contribution in [2.75, 3.05) is 20.0 Å². The molecule has 0 aliphatic heterocycles. The van der Waals surface area contributed by atoms with E-state index < -0.39 is 10.0 Å². The van der Waals surface area contributed by atoms with E-state index >= 15 is 0 Å². The minimum Gasteiger partial charge on any atom is -0.493 e. The Hall–Kier alpha value is -2.25. The van der Waals surface area contributed by atoms with Gasteiger partial charge in [0.25, 0.3) is 0 Å². The summed E-state index contributed by atoms with van der Waals surface area (Å²) in [4.78, 5) is 0.132. The summed E-state index contributed by atoms with van der Waals surface area (Å²) in [5, 5.41) is 0. The number of nitrogen functional groups attached to an aromatic ring is 1. The molecule has 0 fully saturated rings. The lowest BCUT2D eigenvalue weighted by molar-refractivity contribution is 0.354. The zero-order valence-electron chi connectivity index (χ0n) is 12.4. The van der Waals surface area contributed by atoms with Gasteiger partial charge in [-0.3, -0.25) is 0 Å². The van der Waals surface area contributed by atoms with Crippen LogP contribution in [0.4, 0.5) is 5.69 Å². The summed E-state index contributed by atoms with van der Waals surface area (Å²) in [6.45, 7) is 0.136. The van der Waals surface area contributed by atoms with Crippen molar-refractivity contribution in [3.8, 4) is 11.5 Å². The van der Waals surface area contributed by atoms with Crippen LogP contribution in [0, 0.1) is 0 Å². The highest BCUT2D eigenvalue weighted by molar-refractivity contribution is 7.89. The molecule has 2 aromatic carbocycles. The number of rotatable bonds is 6. The summed E-state index contributed by atoms with van der Waals surface area (Å²) in [6.07, 6.45) is 0. The quantitative estimate of drug-likeness (QED) is 0.791. The molecular weight excluding hydrogens is 304 g/mol. The first-order valence-corrected chi connectivity index (χ1v) is 8.00. The number of nitrogens with one attached hydrogen (secondary N) is 1. The average Bonchev–Trinajstić information content (AvgIpc) is 2.52. The number of methoxy groups -OCH3 is 2. The van der Waals surface area contributed by atoms with Crippen LogP contribution in [0.25, 0.3) is 0 Å². The number of sulfonamides is 1. The molecule has 22 heavy (non-hydrogen) atoms. The lowest BCUT2D eigenvalue weighted by Crippen LogP contribution is -2.23. The molecule has 7 heteroatoms. The third-order valence-corrected chi connectivity index (χ3v) is 4.48. The van der Waals surface area contributed by atoms with Gasteiger partial charge in [0, 0.05) is 12.2 Å². The molecule has 6 nitrogen and oxygen atoms in total. The SMILES string of the molecule is COc1ccc(CNS(=O)(=O)c2cccc(N)c2)cc1OC. The number of benzene rings is 2. The van der Waals surface area contributed by atoms with Crippen LogP contribution in [0.1, 0.15) is 5.56 Å². The molecule has 0 amide bonds. The van der Waals surface area contributed by atoms with Crippen molar-refractivity contribution in [1.29, 1.82) is 0 Å². The molecule has 2 rings (SSSR count). The van der Waals surface area contributed by atoms with Gasteiger partial charge in [-0.2, -0.15) is 0 Å². The van der Waals surface area contributed by atoms with E-state index in [4.69, 9.17) is 15.2 Å². The van der Waals surface area contributed by atoms with Gasteiger partial charge in [0.05, 0.1) is 19.1 Å². The molecule has 0 bridgehead atoms. The normalized spacial score (nSPS) is 11.2. The summed E-state index contributed by atoms with van der Waals surface area (Å²) < 4.78 is 37.3. The van der Waals surface area contributed by atoms with Gasteiger partial charge >= 0.3 is 0 Å². The Balaban J connectivity index is 2.15. The minimum absolute atomic E-state index is 0.132. The summed E-state index contributed by atoms with van der Waals surface area (Å²) >= 11 is 0. The highest BCUT2D eigenvalue weighted by Crippen LogP contribution is 2.27. The van der Waals surface area contributed by atoms with Crippen LogP contribution in [0.3, 0.4) is 0 Å². The van der Waals surface area contributed by atoms with Crippen molar-refractivity contribution in [2.24, 2.45) is 0 Å². The number of nitrogens with two attached hydrogens (primary N) is 1. The van der Waals surface area contributed by atoms with Gasteiger partial charge in [0.2, 0.25) is 10.0 Å². The molecule has 2 aromatic rings. The standard InChI is InChI=1S/C15H18N2O4S/c1-20-14-7-6-11(8-15(14)21-2)10-17-22(18,19)13-5-3-4-12(16)9-13/h3-9,17H,10,16H2,1-2H3. The maximum atomic E-state index is 12.2. The molecule has 3 N–H and O–H groups in total. The fourth-order valence-corrected chi connectivity index (χ4v) is 3.01. The highest BCUT2D eigenvalue weighted by atomic mass is 32.2. The molecule has 0 aliphatic rings. The summed E-state index contributed by atoms with van der Waals surface area (Å²) in [7, 11) is -0.550. The van der Waals surface area contributed by atoms with E-state index in [0.29, 0.717) is 17.2 Å². The number of hydrogen-bond acceptors (Lipinski definition) is 5. The van der Waals surface area contributed by atoms with Gasteiger partial charge in [-0.05, 0) is 35.9 Å². The smallest absolute Gasteiger partial charge is 0.240 e. The first-order chi connectivity index (χ1) is 10.5. The maximum Gasteiger partial charge on any atom is 0.240 e. The Morgan fingerprint density at radius 3 is 2.41 bits per heavy atom. The van der Waals surface area contributed by atoms with Crippen molar-refractivity contribution in [1.82, 2.24) is 4.72 Å². The van der Waals surface area contributed by atoms with Crippen molar-refractivity contribution >= 4 is 15.7 Å². The largest absolute Gasteiger partial charge is 0.493 e. The summed E-state index contributed by atoms with van der Waals surface area (Å²) in [5.41, 5.74) is 6.76. The fraction of sp³-hybridized carbons (Fsp3) is 0.200. The van der Waals surface area contributed by atoms with Crippen molar-refractivity contribution in [3.63, 3.8) is 0 Å². The predicted octanol–water partition coefficient (Wildman–Crippen LogP) is 1.76. The van der Waals surface area contributed by atoms with Gasteiger partial charge in [-0.15, -0.1) is 0 Å². The number of hydrogen-bond donors (Lipinski definition) is 2. The summed E-state index contributed by atoms with van der Waals surface area (Å²) in [6, 6.07) is 11.4. The molecule has 0 saturated carbocycles. The Morgan fingerprint density at radius 1 is 1.05 bits per heavy atom. The molecule has 0 radical (unpaired) electrons. The van der Waals surface area contributed by atoms with Crippen LogP contribution in [0.15, 0.2) is 47.4 Å². The maximum absolute atomic E-state index is 12.2. The Morgan fingerprint density at radius 2 is 1.77 bits per heavy atom. The third kappa shape index (κ3) is 3.69. The average molecular weight is 322 g/mol. The van der Waals surface area contributed by atoms with Gasteiger partial charge in [0.1, 0.15) is 0 Å². The van der Waals surface area contributed by atoms with E-state index in [1.807, 2.05) is 0 Å². The Kier molecular flexibility index (Phi) is 4.89. The molecule has 0 aliphatic carbocycles. The van der Waals surface area contributed by atoms with Crippen LogP contribution < -0.4 is 19.9 Å². The molecular formula is C15H18N2O4S. The van der Waals surface area contributed by atoms with Crippen LogP contribution in [0.5, 0.6) is 11.5 Å². The Labute approximate surface area is 129 Å². The van der Waals surface area contributed by atoms with Crippen molar-refractivity contribution in [3.05, 3.63) is 48.0 Å². The number of anilines is 1. The van der Waals surface area contributed by atoms with E-state index in [0.717, 1.165) is 5.56 Å². The van der Waals surface area contributed by atoms with E-state index in [1.165, 1.54) is 19.2 Å². The molecule has 118 valence electrons. The van der Waals surface area contributed by atoms with E-state index in [2.05, 4.69) is 4.72 Å². The molecule has 0 unspecified atom stereocenters. The van der Waals surface area contributed by atoms with Crippen LogP contribution in [0.2, 0.25) is 0 Å². The second-order valence-electron chi connectivity index (χ2n) is 4.59. The molecule has 0 spiro atoms. The first kappa shape index (κ1) is 16.1. The molecule has 0 saturated heterocycles. The van der Waals surface area contributed by atoms with Gasteiger partial charge < -0.3 is 15.2 Å². The van der Waals surface area contributed by atoms with E-state index in [-0.39, 0.29) is 11.4 Å². The van der Waals surface area contributed by atoms with Gasteiger partial charge in [-0.1, -0.05) is 12.1 Å². The molecule has 0 heterocycles. The lowest BCUT2D eigenvalue weighted by Gasteiger charge is -2.11. The van der Waals surface area contributed by atoms with Crippen molar-refractivity contribution < 1.29 is 17.9 Å². The van der Waals surface area contributed by atoms with E-state index in [9.17, 15) is 8.42 Å².